The van der Waals surface area contributed by atoms with Gasteiger partial charge in [0, 0.05) is 5.69 Å². The minimum atomic E-state index is -4.65. The molecule has 4 N–H and O–H groups in total. The van der Waals surface area contributed by atoms with Crippen LogP contribution < -0.4 is 16.6 Å². The van der Waals surface area contributed by atoms with Gasteiger partial charge in [-0.2, -0.15) is 18.3 Å². The molecule has 168 valence electrons. The second-order valence-electron chi connectivity index (χ2n) is 6.13. The summed E-state index contributed by atoms with van der Waals surface area (Å²) in [5, 5.41) is 13.5. The molecule has 0 spiro atoms. The lowest BCUT2D eigenvalue weighted by Crippen LogP contribution is -2.17. The van der Waals surface area contributed by atoms with Crippen molar-refractivity contribution < 1.29 is 22.4 Å². The van der Waals surface area contributed by atoms with Crippen molar-refractivity contribution in [2.24, 2.45) is 5.10 Å². The van der Waals surface area contributed by atoms with Crippen molar-refractivity contribution in [3.05, 3.63) is 64.4 Å². The lowest BCUT2D eigenvalue weighted by molar-refractivity contribution is -0.137. The van der Waals surface area contributed by atoms with Crippen LogP contribution >= 0.6 is 23.4 Å². The summed E-state index contributed by atoms with van der Waals surface area (Å²) < 4.78 is 52.7. The molecule has 0 saturated carbocycles. The van der Waals surface area contributed by atoms with Gasteiger partial charge in [0.2, 0.25) is 11.1 Å². The Morgan fingerprint density at radius 1 is 1.22 bits per heavy atom. The minimum Gasteiger partial charge on any atom is -0.334 e. The van der Waals surface area contributed by atoms with Crippen molar-refractivity contribution in [1.82, 2.24) is 14.9 Å². The van der Waals surface area contributed by atoms with Crippen LogP contribution in [0.15, 0.2) is 52.7 Å². The number of thioether (sulfide) groups is 1. The van der Waals surface area contributed by atoms with Gasteiger partial charge in [0.05, 0.1) is 22.6 Å². The number of nitrogens with two attached hydrogens (primary N) is 1. The summed E-state index contributed by atoms with van der Waals surface area (Å²) in [5.74, 6) is 4.75. The number of amides is 1. The Bertz CT molecular complexity index is 1140. The van der Waals surface area contributed by atoms with Crippen LogP contribution in [0.5, 0.6) is 0 Å². The van der Waals surface area contributed by atoms with Crippen LogP contribution in [0, 0.1) is 5.82 Å². The molecule has 2 aromatic carbocycles. The van der Waals surface area contributed by atoms with Crippen molar-refractivity contribution >= 4 is 47.1 Å². The first-order valence-corrected chi connectivity index (χ1v) is 10.0. The number of hydrogen-bond acceptors (Lipinski definition) is 7. The lowest BCUT2D eigenvalue weighted by Gasteiger charge is -2.11. The molecule has 0 saturated heterocycles. The van der Waals surface area contributed by atoms with E-state index in [1.54, 1.807) is 0 Å². The molecular weight excluding hydrogens is 474 g/mol. The summed E-state index contributed by atoms with van der Waals surface area (Å²) in [5.41, 5.74) is 2.08. The number of carbonyl (C=O) groups excluding carboxylic acids is 1. The van der Waals surface area contributed by atoms with Crippen LogP contribution in [0.25, 0.3) is 0 Å². The van der Waals surface area contributed by atoms with E-state index >= 15 is 0 Å². The third-order valence-corrected chi connectivity index (χ3v) is 5.07. The van der Waals surface area contributed by atoms with Gasteiger partial charge in [-0.15, -0.1) is 10.2 Å². The molecule has 0 aliphatic heterocycles. The Hall–Kier alpha value is -3.32. The number of anilines is 2. The molecule has 14 heteroatoms. The third kappa shape index (κ3) is 6.11. The predicted octanol–water partition coefficient (Wildman–Crippen LogP) is 3.98. The molecule has 0 fully saturated rings. The summed E-state index contributed by atoms with van der Waals surface area (Å²) in [6, 6.07) is 8.65. The molecule has 0 bridgehead atoms. The van der Waals surface area contributed by atoms with Gasteiger partial charge in [-0.25, -0.2) is 14.5 Å². The van der Waals surface area contributed by atoms with Crippen LogP contribution in [0.3, 0.4) is 0 Å². The third-order valence-electron chi connectivity index (χ3n) is 3.80. The predicted molar refractivity (Wildman–Crippen MR) is 114 cm³/mol. The normalized spacial score (nSPS) is 11.7. The molecule has 8 nitrogen and oxygen atoms in total. The Labute approximate surface area is 187 Å². The van der Waals surface area contributed by atoms with E-state index in [9.17, 15) is 22.4 Å². The average molecular weight is 488 g/mol. The van der Waals surface area contributed by atoms with Gasteiger partial charge < -0.3 is 11.2 Å². The van der Waals surface area contributed by atoms with E-state index in [-0.39, 0.29) is 28.4 Å². The van der Waals surface area contributed by atoms with Crippen LogP contribution in [0.2, 0.25) is 5.02 Å². The summed E-state index contributed by atoms with van der Waals surface area (Å²) in [7, 11) is 0. The molecule has 0 aliphatic rings. The maximum absolute atomic E-state index is 12.9. The topological polar surface area (TPSA) is 110 Å². The fraction of sp³-hybridized carbons (Fsp3) is 0.111. The van der Waals surface area contributed by atoms with Gasteiger partial charge in [-0.05, 0) is 35.9 Å². The molecule has 0 unspecified atom stereocenters. The fourth-order valence-electron chi connectivity index (χ4n) is 2.31. The number of rotatable bonds is 7. The van der Waals surface area contributed by atoms with E-state index < -0.39 is 22.7 Å². The number of benzene rings is 2. The van der Waals surface area contributed by atoms with Gasteiger partial charge in [0.1, 0.15) is 5.82 Å². The van der Waals surface area contributed by atoms with Crippen LogP contribution in [0.1, 0.15) is 11.1 Å². The van der Waals surface area contributed by atoms with E-state index in [0.717, 1.165) is 28.6 Å². The van der Waals surface area contributed by atoms with Crippen molar-refractivity contribution in [2.75, 3.05) is 22.3 Å². The number of halogens is 5. The van der Waals surface area contributed by atoms with Crippen molar-refractivity contribution in [2.45, 2.75) is 11.3 Å². The smallest absolute Gasteiger partial charge is 0.334 e. The highest BCUT2D eigenvalue weighted by molar-refractivity contribution is 7.99. The first kappa shape index (κ1) is 23.3. The minimum absolute atomic E-state index is 0.0565. The zero-order valence-corrected chi connectivity index (χ0v) is 17.5. The Balaban J connectivity index is 1.55. The van der Waals surface area contributed by atoms with Crippen LogP contribution in [-0.4, -0.2) is 32.7 Å². The van der Waals surface area contributed by atoms with Gasteiger partial charge >= 0.3 is 6.18 Å². The van der Waals surface area contributed by atoms with E-state index in [1.165, 1.54) is 36.5 Å². The lowest BCUT2D eigenvalue weighted by atomic mass is 10.2. The van der Waals surface area contributed by atoms with Crippen molar-refractivity contribution in [3.63, 3.8) is 0 Å². The number of nitrogen functional groups attached to an aromatic ring is 1. The van der Waals surface area contributed by atoms with E-state index in [2.05, 4.69) is 26.0 Å². The van der Waals surface area contributed by atoms with Crippen LogP contribution in [-0.2, 0) is 11.0 Å². The number of alkyl halides is 3. The fourth-order valence-corrected chi connectivity index (χ4v) is 3.19. The van der Waals surface area contributed by atoms with Crippen molar-refractivity contribution in [3.8, 4) is 0 Å². The maximum atomic E-state index is 12.9. The largest absolute Gasteiger partial charge is 0.417 e. The average Bonchev–Trinajstić information content (AvgIpc) is 3.08. The molecule has 0 aliphatic carbocycles. The highest BCUT2D eigenvalue weighted by Gasteiger charge is 2.33. The highest BCUT2D eigenvalue weighted by Crippen LogP contribution is 2.36. The Kier molecular flexibility index (Phi) is 7.20. The van der Waals surface area contributed by atoms with Gasteiger partial charge in [0.15, 0.2) is 0 Å². The summed E-state index contributed by atoms with van der Waals surface area (Å²) >= 11 is 6.47. The SMILES string of the molecule is Nn1c(N/N=C/c2ccc(F)cc2)nnc1SCC(=O)Nc1ccc(Cl)c(C(F)(F)F)c1. The van der Waals surface area contributed by atoms with Gasteiger partial charge in [0.25, 0.3) is 5.95 Å². The van der Waals surface area contributed by atoms with Crippen LogP contribution in [0.4, 0.5) is 29.2 Å². The molecule has 3 rings (SSSR count). The second-order valence-corrected chi connectivity index (χ2v) is 7.48. The molecule has 1 heterocycles. The zero-order valence-electron chi connectivity index (χ0n) is 15.9. The number of carbonyl (C=O) groups is 1. The molecule has 32 heavy (non-hydrogen) atoms. The maximum Gasteiger partial charge on any atom is 0.417 e. The second kappa shape index (κ2) is 9.87. The molecule has 1 aromatic heterocycles. The van der Waals surface area contributed by atoms with E-state index in [1.807, 2.05) is 0 Å². The molecule has 0 atom stereocenters. The molecule has 3 aromatic rings. The van der Waals surface area contributed by atoms with E-state index in [0.29, 0.717) is 5.56 Å². The first-order chi connectivity index (χ1) is 15.1. The van der Waals surface area contributed by atoms with Gasteiger partial charge in [-0.1, -0.05) is 35.5 Å². The molecule has 0 radical (unpaired) electrons. The quantitative estimate of drug-likeness (QED) is 0.153. The standard InChI is InChI=1S/C18H14ClF4N7OS/c19-14-6-5-12(7-13(14)18(21,22)23)26-15(31)9-32-17-29-28-16(30(17)24)27-25-8-10-1-3-11(20)4-2-10/h1-8H,9,24H2,(H,26,31)(H,27,28)/b25-8+. The molecule has 1 amide bonds. The number of aromatic nitrogens is 3. The monoisotopic (exact) mass is 487 g/mol. The Morgan fingerprint density at radius 3 is 2.62 bits per heavy atom. The first-order valence-electron chi connectivity index (χ1n) is 8.68. The summed E-state index contributed by atoms with van der Waals surface area (Å²) in [4.78, 5) is 12.1. The number of nitrogens with zero attached hydrogens (tertiary/aromatic N) is 4. The van der Waals surface area contributed by atoms with Crippen molar-refractivity contribution in [1.29, 1.82) is 0 Å². The van der Waals surface area contributed by atoms with E-state index in [4.69, 9.17) is 17.4 Å². The summed E-state index contributed by atoms with van der Waals surface area (Å²) in [6.07, 6.45) is -3.24. The highest BCUT2D eigenvalue weighted by atomic mass is 35.5. The molecular formula is C18H14ClF4N7OS. The Morgan fingerprint density at radius 2 is 1.94 bits per heavy atom. The zero-order chi connectivity index (χ0) is 23.3. The number of nitrogens with one attached hydrogen (secondary N) is 2. The number of hydrogen-bond donors (Lipinski definition) is 3. The van der Waals surface area contributed by atoms with Gasteiger partial charge in [-0.3, -0.25) is 4.79 Å². The summed E-state index contributed by atoms with van der Waals surface area (Å²) in [6.45, 7) is 0. The number of hydrazone groups is 1.